The summed E-state index contributed by atoms with van der Waals surface area (Å²) in [6, 6.07) is 4.89. The molecule has 1 rings (SSSR count). The van der Waals surface area contributed by atoms with Crippen LogP contribution in [0.25, 0.3) is 10.4 Å². The van der Waals surface area contributed by atoms with Gasteiger partial charge < -0.3 is 9.84 Å². The minimum atomic E-state index is -0.551. The third-order valence-electron chi connectivity index (χ3n) is 2.27. The molecule has 0 amide bonds. The highest BCUT2D eigenvalue weighted by molar-refractivity contribution is 5.40. The molecule has 0 saturated carbocycles. The van der Waals surface area contributed by atoms with E-state index in [1.807, 2.05) is 19.1 Å². The molecule has 5 nitrogen and oxygen atoms in total. The van der Waals surface area contributed by atoms with Crippen LogP contribution in [0, 0.1) is 6.92 Å². The van der Waals surface area contributed by atoms with Crippen molar-refractivity contribution in [2.75, 3.05) is 13.7 Å². The molecule has 1 atom stereocenters. The molecule has 0 aromatic heterocycles. The normalized spacial score (nSPS) is 11.7. The van der Waals surface area contributed by atoms with Crippen molar-refractivity contribution in [1.29, 1.82) is 0 Å². The van der Waals surface area contributed by atoms with Crippen molar-refractivity contribution in [3.63, 3.8) is 0 Å². The van der Waals surface area contributed by atoms with Gasteiger partial charge in [0.15, 0.2) is 0 Å². The van der Waals surface area contributed by atoms with Gasteiger partial charge in [0.25, 0.3) is 0 Å². The van der Waals surface area contributed by atoms with E-state index >= 15 is 0 Å². The molecule has 5 heteroatoms. The molecule has 15 heavy (non-hydrogen) atoms. The zero-order valence-corrected chi connectivity index (χ0v) is 8.71. The predicted octanol–water partition coefficient (Wildman–Crippen LogP) is 2.35. The fraction of sp³-hybridized carbons (Fsp3) is 0.400. The Hall–Kier alpha value is -1.71. The molecule has 0 fully saturated rings. The van der Waals surface area contributed by atoms with Gasteiger partial charge in [0.2, 0.25) is 0 Å². The SMILES string of the molecule is COc1cccc(C(CO)N=[N+]=[N-])c1C. The Labute approximate surface area is 87.9 Å². The van der Waals surface area contributed by atoms with Crippen molar-refractivity contribution >= 4 is 0 Å². The second kappa shape index (κ2) is 5.24. The van der Waals surface area contributed by atoms with Gasteiger partial charge in [-0.2, -0.15) is 0 Å². The van der Waals surface area contributed by atoms with Gasteiger partial charge in [-0.1, -0.05) is 17.2 Å². The first-order chi connectivity index (χ1) is 7.24. The quantitative estimate of drug-likeness (QED) is 0.467. The first-order valence-corrected chi connectivity index (χ1v) is 4.53. The number of rotatable bonds is 4. The number of methoxy groups -OCH3 is 1. The van der Waals surface area contributed by atoms with Crippen LogP contribution >= 0.6 is 0 Å². The van der Waals surface area contributed by atoms with Crippen LogP contribution in [0.4, 0.5) is 0 Å². The summed E-state index contributed by atoms with van der Waals surface area (Å²) in [7, 11) is 1.58. The third kappa shape index (κ3) is 2.40. The molecule has 0 radical (unpaired) electrons. The van der Waals surface area contributed by atoms with E-state index in [1.165, 1.54) is 0 Å². The van der Waals surface area contributed by atoms with Crippen LogP contribution in [0.2, 0.25) is 0 Å². The van der Waals surface area contributed by atoms with Crippen LogP contribution in [0.1, 0.15) is 17.2 Å². The van der Waals surface area contributed by atoms with Gasteiger partial charge in [-0.05, 0) is 29.6 Å². The summed E-state index contributed by atoms with van der Waals surface area (Å²) in [5, 5.41) is 12.6. The molecular formula is C10H13N3O2. The summed E-state index contributed by atoms with van der Waals surface area (Å²) >= 11 is 0. The van der Waals surface area contributed by atoms with Crippen LogP contribution in [0.5, 0.6) is 5.75 Å². The average Bonchev–Trinajstić information content (AvgIpc) is 2.27. The van der Waals surface area contributed by atoms with Gasteiger partial charge in [0, 0.05) is 4.91 Å². The molecule has 1 aromatic rings. The highest BCUT2D eigenvalue weighted by Gasteiger charge is 2.13. The van der Waals surface area contributed by atoms with E-state index in [4.69, 9.17) is 15.4 Å². The van der Waals surface area contributed by atoms with Gasteiger partial charge in [-0.3, -0.25) is 0 Å². The van der Waals surface area contributed by atoms with E-state index in [1.54, 1.807) is 13.2 Å². The van der Waals surface area contributed by atoms with E-state index in [-0.39, 0.29) is 6.61 Å². The lowest BCUT2D eigenvalue weighted by Crippen LogP contribution is -2.03. The maximum atomic E-state index is 9.09. The Bertz CT molecular complexity index is 386. The number of aliphatic hydroxyl groups is 1. The molecule has 1 N–H and O–H groups in total. The van der Waals surface area contributed by atoms with Crippen molar-refractivity contribution in [3.05, 3.63) is 39.8 Å². The Morgan fingerprint density at radius 1 is 1.60 bits per heavy atom. The molecular weight excluding hydrogens is 194 g/mol. The lowest BCUT2D eigenvalue weighted by molar-refractivity contribution is 0.267. The van der Waals surface area contributed by atoms with Gasteiger partial charge in [-0.25, -0.2) is 0 Å². The van der Waals surface area contributed by atoms with Crippen LogP contribution in [-0.2, 0) is 0 Å². The van der Waals surface area contributed by atoms with Crippen molar-refractivity contribution < 1.29 is 9.84 Å². The van der Waals surface area contributed by atoms with E-state index in [0.29, 0.717) is 0 Å². The summed E-state index contributed by atoms with van der Waals surface area (Å²) in [5.74, 6) is 0.721. The fourth-order valence-electron chi connectivity index (χ4n) is 1.47. The van der Waals surface area contributed by atoms with Gasteiger partial charge in [-0.15, -0.1) is 0 Å². The number of hydrogen-bond donors (Lipinski definition) is 1. The molecule has 0 heterocycles. The molecule has 1 aromatic carbocycles. The van der Waals surface area contributed by atoms with Crippen molar-refractivity contribution in [2.45, 2.75) is 13.0 Å². The minimum absolute atomic E-state index is 0.210. The zero-order valence-electron chi connectivity index (χ0n) is 8.71. The predicted molar refractivity (Wildman–Crippen MR) is 56.7 cm³/mol. The first-order valence-electron chi connectivity index (χ1n) is 4.53. The monoisotopic (exact) mass is 207 g/mol. The van der Waals surface area contributed by atoms with E-state index in [2.05, 4.69) is 10.0 Å². The number of ether oxygens (including phenoxy) is 1. The molecule has 0 saturated heterocycles. The second-order valence-corrected chi connectivity index (χ2v) is 3.08. The number of nitrogens with zero attached hydrogens (tertiary/aromatic N) is 3. The second-order valence-electron chi connectivity index (χ2n) is 3.08. The molecule has 0 aliphatic carbocycles. The highest BCUT2D eigenvalue weighted by atomic mass is 16.5. The Morgan fingerprint density at radius 3 is 2.87 bits per heavy atom. The van der Waals surface area contributed by atoms with Gasteiger partial charge >= 0.3 is 0 Å². The standard InChI is InChI=1S/C10H13N3O2/c1-7-8(9(6-14)12-13-11)4-3-5-10(7)15-2/h3-5,9,14H,6H2,1-2H3. The summed E-state index contributed by atoms with van der Waals surface area (Å²) in [6.45, 7) is 1.65. The maximum absolute atomic E-state index is 9.09. The minimum Gasteiger partial charge on any atom is -0.496 e. The maximum Gasteiger partial charge on any atom is 0.122 e. The summed E-state index contributed by atoms with van der Waals surface area (Å²) in [4.78, 5) is 2.70. The molecule has 0 aliphatic heterocycles. The number of aliphatic hydroxyl groups excluding tert-OH is 1. The third-order valence-corrected chi connectivity index (χ3v) is 2.27. The largest absolute Gasteiger partial charge is 0.496 e. The number of hydrogen-bond acceptors (Lipinski definition) is 3. The van der Waals surface area contributed by atoms with Crippen LogP contribution < -0.4 is 4.74 Å². The van der Waals surface area contributed by atoms with E-state index in [9.17, 15) is 0 Å². The average molecular weight is 207 g/mol. The van der Waals surface area contributed by atoms with Crippen LogP contribution in [0.15, 0.2) is 23.3 Å². The smallest absolute Gasteiger partial charge is 0.122 e. The molecule has 0 spiro atoms. The lowest BCUT2D eigenvalue weighted by atomic mass is 10.0. The molecule has 0 aliphatic rings. The Kier molecular flexibility index (Phi) is 3.97. The zero-order chi connectivity index (χ0) is 11.3. The van der Waals surface area contributed by atoms with Crippen LogP contribution in [-0.4, -0.2) is 18.8 Å². The van der Waals surface area contributed by atoms with Crippen molar-refractivity contribution in [2.24, 2.45) is 5.11 Å². The lowest BCUT2D eigenvalue weighted by Gasteiger charge is -2.14. The van der Waals surface area contributed by atoms with Crippen molar-refractivity contribution in [1.82, 2.24) is 0 Å². The van der Waals surface area contributed by atoms with Crippen molar-refractivity contribution in [3.8, 4) is 5.75 Å². The summed E-state index contributed by atoms with van der Waals surface area (Å²) in [6.07, 6.45) is 0. The summed E-state index contributed by atoms with van der Waals surface area (Å²) in [5.41, 5.74) is 10.0. The van der Waals surface area contributed by atoms with Crippen LogP contribution in [0.3, 0.4) is 0 Å². The van der Waals surface area contributed by atoms with E-state index < -0.39 is 6.04 Å². The molecule has 1 unspecified atom stereocenters. The number of azide groups is 1. The van der Waals surface area contributed by atoms with Gasteiger partial charge in [0.1, 0.15) is 5.75 Å². The topological polar surface area (TPSA) is 78.2 Å². The first kappa shape index (κ1) is 11.4. The molecule has 80 valence electrons. The van der Waals surface area contributed by atoms with Gasteiger partial charge in [0.05, 0.1) is 19.8 Å². The fourth-order valence-corrected chi connectivity index (χ4v) is 1.47. The Morgan fingerprint density at radius 2 is 2.33 bits per heavy atom. The summed E-state index contributed by atoms with van der Waals surface area (Å²) < 4.78 is 5.14. The highest BCUT2D eigenvalue weighted by Crippen LogP contribution is 2.27. The molecule has 0 bridgehead atoms. The number of benzene rings is 1. The van der Waals surface area contributed by atoms with E-state index in [0.717, 1.165) is 16.9 Å². The Balaban J connectivity index is 3.17.